The van der Waals surface area contributed by atoms with Crippen LogP contribution in [0.4, 0.5) is 4.39 Å². The molecule has 0 saturated carbocycles. The summed E-state index contributed by atoms with van der Waals surface area (Å²) in [7, 11) is 0. The van der Waals surface area contributed by atoms with Gasteiger partial charge in [-0.1, -0.05) is 13.0 Å². The number of fused-ring (bicyclic) bond motifs is 1. The molecule has 1 aliphatic rings. The molecule has 0 radical (unpaired) electrons. The van der Waals surface area contributed by atoms with E-state index in [4.69, 9.17) is 4.74 Å². The normalized spacial score (nSPS) is 23.7. The maximum absolute atomic E-state index is 13.0. The summed E-state index contributed by atoms with van der Waals surface area (Å²) in [6.45, 7) is 5.08. The van der Waals surface area contributed by atoms with Crippen LogP contribution in [-0.2, 0) is 0 Å². The smallest absolute Gasteiger partial charge is 0.127 e. The van der Waals surface area contributed by atoms with Crippen LogP contribution in [0.2, 0.25) is 0 Å². The highest BCUT2D eigenvalue weighted by Crippen LogP contribution is 2.36. The molecular weight excluding hydrogens is 193 g/mol. The third-order valence-corrected chi connectivity index (χ3v) is 2.71. The van der Waals surface area contributed by atoms with Gasteiger partial charge in [0.15, 0.2) is 0 Å². The maximum atomic E-state index is 13.0. The van der Waals surface area contributed by atoms with Crippen molar-refractivity contribution in [3.05, 3.63) is 29.6 Å². The maximum Gasteiger partial charge on any atom is 0.127 e. The molecule has 2 nitrogen and oxygen atoms in total. The third kappa shape index (κ3) is 1.97. The van der Waals surface area contributed by atoms with E-state index in [-0.39, 0.29) is 18.0 Å². The number of halogens is 1. The SMILES string of the molecule is CCCNC1c2ccc(F)cc2OC1C. The fraction of sp³-hybridized carbons (Fsp3) is 0.500. The molecule has 2 unspecified atom stereocenters. The zero-order chi connectivity index (χ0) is 10.8. The highest BCUT2D eigenvalue weighted by Gasteiger charge is 2.30. The van der Waals surface area contributed by atoms with E-state index in [1.807, 2.05) is 13.0 Å². The van der Waals surface area contributed by atoms with Crippen LogP contribution in [-0.4, -0.2) is 12.6 Å². The van der Waals surface area contributed by atoms with E-state index in [0.29, 0.717) is 5.75 Å². The van der Waals surface area contributed by atoms with Gasteiger partial charge in [-0.05, 0) is 26.0 Å². The summed E-state index contributed by atoms with van der Waals surface area (Å²) in [6.07, 6.45) is 1.16. The average molecular weight is 209 g/mol. The Hall–Kier alpha value is -1.09. The fourth-order valence-corrected chi connectivity index (χ4v) is 1.96. The summed E-state index contributed by atoms with van der Waals surface area (Å²) in [4.78, 5) is 0. The number of hydrogen-bond acceptors (Lipinski definition) is 2. The average Bonchev–Trinajstić information content (AvgIpc) is 2.50. The minimum Gasteiger partial charge on any atom is -0.488 e. The first-order chi connectivity index (χ1) is 7.22. The Morgan fingerprint density at radius 3 is 3.00 bits per heavy atom. The van der Waals surface area contributed by atoms with Crippen LogP contribution < -0.4 is 10.1 Å². The monoisotopic (exact) mass is 209 g/mol. The van der Waals surface area contributed by atoms with E-state index in [2.05, 4.69) is 12.2 Å². The molecule has 1 aliphatic heterocycles. The molecule has 2 rings (SSSR count). The summed E-state index contributed by atoms with van der Waals surface area (Å²) in [5, 5.41) is 3.41. The second kappa shape index (κ2) is 4.19. The van der Waals surface area contributed by atoms with Gasteiger partial charge >= 0.3 is 0 Å². The van der Waals surface area contributed by atoms with Crippen LogP contribution in [0.1, 0.15) is 31.9 Å². The summed E-state index contributed by atoms with van der Waals surface area (Å²) in [5.74, 6) is 0.438. The van der Waals surface area contributed by atoms with E-state index >= 15 is 0 Å². The van der Waals surface area contributed by atoms with Crippen molar-refractivity contribution in [3.8, 4) is 5.75 Å². The van der Waals surface area contributed by atoms with Crippen molar-refractivity contribution >= 4 is 0 Å². The molecular formula is C12H16FNO. The molecule has 1 aromatic rings. The third-order valence-electron chi connectivity index (χ3n) is 2.71. The molecule has 15 heavy (non-hydrogen) atoms. The Morgan fingerprint density at radius 2 is 2.27 bits per heavy atom. The lowest BCUT2D eigenvalue weighted by Crippen LogP contribution is -2.29. The Balaban J connectivity index is 2.21. The second-order valence-corrected chi connectivity index (χ2v) is 3.94. The Kier molecular flexibility index (Phi) is 2.91. The quantitative estimate of drug-likeness (QED) is 0.826. The molecule has 0 aliphatic carbocycles. The lowest BCUT2D eigenvalue weighted by Gasteiger charge is -2.15. The zero-order valence-corrected chi connectivity index (χ0v) is 9.09. The van der Waals surface area contributed by atoms with Crippen LogP contribution in [0.5, 0.6) is 5.75 Å². The topological polar surface area (TPSA) is 21.3 Å². The van der Waals surface area contributed by atoms with Gasteiger partial charge in [-0.15, -0.1) is 0 Å². The molecule has 82 valence electrons. The molecule has 0 fully saturated rings. The van der Waals surface area contributed by atoms with E-state index in [9.17, 15) is 4.39 Å². The van der Waals surface area contributed by atoms with Crippen LogP contribution in [0, 0.1) is 5.82 Å². The zero-order valence-electron chi connectivity index (χ0n) is 9.09. The van der Waals surface area contributed by atoms with Crippen LogP contribution in [0.25, 0.3) is 0 Å². The summed E-state index contributed by atoms with van der Waals surface area (Å²) in [6, 6.07) is 4.95. The van der Waals surface area contributed by atoms with Gasteiger partial charge in [-0.3, -0.25) is 0 Å². The van der Waals surface area contributed by atoms with Gasteiger partial charge in [0.2, 0.25) is 0 Å². The minimum absolute atomic E-state index is 0.0772. The lowest BCUT2D eigenvalue weighted by atomic mass is 10.0. The molecule has 2 atom stereocenters. The highest BCUT2D eigenvalue weighted by molar-refractivity contribution is 5.40. The summed E-state index contributed by atoms with van der Waals surface area (Å²) in [5.41, 5.74) is 1.07. The molecule has 1 aromatic carbocycles. The van der Waals surface area contributed by atoms with Crippen molar-refractivity contribution < 1.29 is 9.13 Å². The van der Waals surface area contributed by atoms with Crippen molar-refractivity contribution in [2.24, 2.45) is 0 Å². The van der Waals surface area contributed by atoms with Crippen molar-refractivity contribution in [1.82, 2.24) is 5.32 Å². The molecule has 3 heteroatoms. The van der Waals surface area contributed by atoms with Crippen molar-refractivity contribution in [2.75, 3.05) is 6.54 Å². The van der Waals surface area contributed by atoms with Gasteiger partial charge in [0.1, 0.15) is 17.7 Å². The van der Waals surface area contributed by atoms with Crippen LogP contribution >= 0.6 is 0 Å². The van der Waals surface area contributed by atoms with Crippen molar-refractivity contribution in [1.29, 1.82) is 0 Å². The first-order valence-electron chi connectivity index (χ1n) is 5.42. The summed E-state index contributed by atoms with van der Waals surface area (Å²) < 4.78 is 18.6. The van der Waals surface area contributed by atoms with Crippen LogP contribution in [0.15, 0.2) is 18.2 Å². The highest BCUT2D eigenvalue weighted by atomic mass is 19.1. The van der Waals surface area contributed by atoms with E-state index in [1.165, 1.54) is 12.1 Å². The van der Waals surface area contributed by atoms with Gasteiger partial charge in [0, 0.05) is 11.6 Å². The molecule has 0 aromatic heterocycles. The molecule has 1 heterocycles. The number of rotatable bonds is 3. The van der Waals surface area contributed by atoms with Gasteiger partial charge in [-0.25, -0.2) is 4.39 Å². The minimum atomic E-state index is -0.239. The fourth-order valence-electron chi connectivity index (χ4n) is 1.96. The number of hydrogen-bond donors (Lipinski definition) is 1. The van der Waals surface area contributed by atoms with Gasteiger partial charge in [-0.2, -0.15) is 0 Å². The Morgan fingerprint density at radius 1 is 1.47 bits per heavy atom. The standard InChI is InChI=1S/C12H16FNO/c1-3-6-14-12-8(2)15-11-7-9(13)4-5-10(11)12/h4-5,7-8,12,14H,3,6H2,1-2H3. The second-order valence-electron chi connectivity index (χ2n) is 3.94. The summed E-state index contributed by atoms with van der Waals surface area (Å²) >= 11 is 0. The van der Waals surface area contributed by atoms with E-state index < -0.39 is 0 Å². The molecule has 1 N–H and O–H groups in total. The van der Waals surface area contributed by atoms with Gasteiger partial charge < -0.3 is 10.1 Å². The van der Waals surface area contributed by atoms with Gasteiger partial charge in [0.05, 0.1) is 6.04 Å². The molecule has 0 spiro atoms. The Labute approximate surface area is 89.4 Å². The molecule has 0 saturated heterocycles. The molecule has 0 amide bonds. The first kappa shape index (κ1) is 10.4. The Bertz CT molecular complexity index is 353. The van der Waals surface area contributed by atoms with E-state index in [0.717, 1.165) is 18.5 Å². The van der Waals surface area contributed by atoms with Crippen molar-refractivity contribution in [3.63, 3.8) is 0 Å². The van der Waals surface area contributed by atoms with Gasteiger partial charge in [0.25, 0.3) is 0 Å². The molecule has 0 bridgehead atoms. The number of benzene rings is 1. The number of ether oxygens (including phenoxy) is 1. The van der Waals surface area contributed by atoms with Crippen molar-refractivity contribution in [2.45, 2.75) is 32.4 Å². The predicted octanol–water partition coefficient (Wildman–Crippen LogP) is 2.65. The van der Waals surface area contributed by atoms with E-state index in [1.54, 1.807) is 0 Å². The largest absolute Gasteiger partial charge is 0.488 e. The van der Waals surface area contributed by atoms with Crippen LogP contribution in [0.3, 0.4) is 0 Å². The number of nitrogens with one attached hydrogen (secondary N) is 1. The predicted molar refractivity (Wildman–Crippen MR) is 57.5 cm³/mol. The lowest BCUT2D eigenvalue weighted by molar-refractivity contribution is 0.209. The first-order valence-corrected chi connectivity index (χ1v) is 5.42.